The van der Waals surface area contributed by atoms with Crippen LogP contribution in [-0.2, 0) is 0 Å². The third-order valence-electron chi connectivity index (χ3n) is 3.73. The lowest BCUT2D eigenvalue weighted by Gasteiger charge is -2.05. The summed E-state index contributed by atoms with van der Waals surface area (Å²) in [6.45, 7) is 0. The molecule has 3 rings (SSSR count). The SMILES string of the molecule is O=C(/C=C/c1ccc(Cl)cc1)c1ccc(OC(=O)c2ccc(Cl)cc2)cc1. The molecule has 3 aromatic rings. The fourth-order valence-corrected chi connectivity index (χ4v) is 2.53. The molecule has 0 fully saturated rings. The quantitative estimate of drug-likeness (QED) is 0.226. The maximum atomic E-state index is 12.2. The van der Waals surface area contributed by atoms with E-state index in [1.54, 1.807) is 66.7 Å². The predicted molar refractivity (Wildman–Crippen MR) is 108 cm³/mol. The second-order valence-electron chi connectivity index (χ2n) is 5.67. The first-order valence-electron chi connectivity index (χ1n) is 8.07. The van der Waals surface area contributed by atoms with Crippen molar-refractivity contribution < 1.29 is 14.3 Å². The van der Waals surface area contributed by atoms with Crippen molar-refractivity contribution in [2.24, 2.45) is 0 Å². The normalized spacial score (nSPS) is 10.7. The maximum absolute atomic E-state index is 12.2. The molecule has 0 spiro atoms. The van der Waals surface area contributed by atoms with E-state index in [0.29, 0.717) is 26.9 Å². The largest absolute Gasteiger partial charge is 0.423 e. The van der Waals surface area contributed by atoms with Crippen LogP contribution >= 0.6 is 23.2 Å². The molecule has 0 aliphatic rings. The second kappa shape index (κ2) is 8.67. The van der Waals surface area contributed by atoms with Gasteiger partial charge in [0.1, 0.15) is 5.75 Å². The van der Waals surface area contributed by atoms with Crippen molar-refractivity contribution in [1.82, 2.24) is 0 Å². The molecule has 0 unspecified atom stereocenters. The second-order valence-corrected chi connectivity index (χ2v) is 6.54. The minimum Gasteiger partial charge on any atom is -0.423 e. The molecule has 0 aliphatic carbocycles. The minimum absolute atomic E-state index is 0.152. The summed E-state index contributed by atoms with van der Waals surface area (Å²) in [4.78, 5) is 24.3. The van der Waals surface area contributed by atoms with Gasteiger partial charge in [-0.15, -0.1) is 0 Å². The average Bonchev–Trinajstić information content (AvgIpc) is 2.68. The van der Waals surface area contributed by atoms with Crippen LogP contribution in [0.5, 0.6) is 5.75 Å². The van der Waals surface area contributed by atoms with E-state index in [4.69, 9.17) is 27.9 Å². The summed E-state index contributed by atoms with van der Waals surface area (Å²) in [6, 6.07) is 20.0. The van der Waals surface area contributed by atoms with Crippen molar-refractivity contribution in [3.63, 3.8) is 0 Å². The molecule has 0 heterocycles. The third kappa shape index (κ3) is 5.30. The standard InChI is InChI=1S/C22H14Cl2O3/c23-18-8-1-15(2-9-18)3-14-21(25)16-6-12-20(13-7-16)27-22(26)17-4-10-19(24)11-5-17/h1-14H/b14-3+. The number of rotatable bonds is 5. The van der Waals surface area contributed by atoms with Gasteiger partial charge in [-0.1, -0.05) is 41.4 Å². The Balaban J connectivity index is 1.64. The molecule has 0 aromatic heterocycles. The molecule has 3 nitrogen and oxygen atoms in total. The summed E-state index contributed by atoms with van der Waals surface area (Å²) in [7, 11) is 0. The number of carbonyl (C=O) groups excluding carboxylic acids is 2. The van der Waals surface area contributed by atoms with E-state index in [1.807, 2.05) is 12.1 Å². The Kier molecular flexibility index (Phi) is 6.07. The smallest absolute Gasteiger partial charge is 0.343 e. The van der Waals surface area contributed by atoms with Gasteiger partial charge >= 0.3 is 5.97 Å². The van der Waals surface area contributed by atoms with Gasteiger partial charge < -0.3 is 4.74 Å². The Labute approximate surface area is 166 Å². The maximum Gasteiger partial charge on any atom is 0.343 e. The molecule has 0 saturated heterocycles. The summed E-state index contributed by atoms with van der Waals surface area (Å²) in [5.74, 6) is -0.290. The number of hydrogen-bond donors (Lipinski definition) is 0. The van der Waals surface area contributed by atoms with E-state index >= 15 is 0 Å². The lowest BCUT2D eigenvalue weighted by molar-refractivity contribution is 0.0734. The van der Waals surface area contributed by atoms with Gasteiger partial charge in [0.2, 0.25) is 0 Å². The number of ketones is 1. The predicted octanol–water partition coefficient (Wildman–Crippen LogP) is 6.11. The molecule has 0 bridgehead atoms. The molecule has 0 N–H and O–H groups in total. The van der Waals surface area contributed by atoms with Crippen LogP contribution in [0.1, 0.15) is 26.3 Å². The molecule has 0 atom stereocenters. The summed E-state index contributed by atoms with van der Waals surface area (Å²) < 4.78 is 5.29. The molecule has 5 heteroatoms. The zero-order valence-electron chi connectivity index (χ0n) is 14.1. The van der Waals surface area contributed by atoms with Gasteiger partial charge in [0.15, 0.2) is 5.78 Å². The molecule has 134 valence electrons. The van der Waals surface area contributed by atoms with Gasteiger partial charge in [0, 0.05) is 15.6 Å². The number of allylic oxidation sites excluding steroid dienone is 1. The zero-order valence-corrected chi connectivity index (χ0v) is 15.6. The van der Waals surface area contributed by atoms with Crippen molar-refractivity contribution >= 4 is 41.0 Å². The van der Waals surface area contributed by atoms with Crippen molar-refractivity contribution in [1.29, 1.82) is 0 Å². The lowest BCUT2D eigenvalue weighted by Crippen LogP contribution is -2.08. The molecular formula is C22H14Cl2O3. The van der Waals surface area contributed by atoms with Crippen LogP contribution in [0, 0.1) is 0 Å². The highest BCUT2D eigenvalue weighted by molar-refractivity contribution is 6.30. The van der Waals surface area contributed by atoms with E-state index in [0.717, 1.165) is 5.56 Å². The first-order valence-corrected chi connectivity index (χ1v) is 8.83. The topological polar surface area (TPSA) is 43.4 Å². The van der Waals surface area contributed by atoms with Crippen molar-refractivity contribution in [2.75, 3.05) is 0 Å². The fourth-order valence-electron chi connectivity index (χ4n) is 2.28. The van der Waals surface area contributed by atoms with Gasteiger partial charge in [-0.3, -0.25) is 4.79 Å². The van der Waals surface area contributed by atoms with Crippen LogP contribution in [0.4, 0.5) is 0 Å². The number of benzene rings is 3. The van der Waals surface area contributed by atoms with Gasteiger partial charge in [-0.2, -0.15) is 0 Å². The van der Waals surface area contributed by atoms with Gasteiger partial charge in [0.25, 0.3) is 0 Å². The number of carbonyl (C=O) groups is 2. The fraction of sp³-hybridized carbons (Fsp3) is 0. The number of halogens is 2. The van der Waals surface area contributed by atoms with Gasteiger partial charge in [-0.05, 0) is 72.3 Å². The Hall–Kier alpha value is -2.88. The van der Waals surface area contributed by atoms with E-state index < -0.39 is 5.97 Å². The minimum atomic E-state index is -0.492. The molecular weight excluding hydrogens is 383 g/mol. The van der Waals surface area contributed by atoms with Crippen LogP contribution in [0.25, 0.3) is 6.08 Å². The summed E-state index contributed by atoms with van der Waals surface area (Å²) in [5, 5.41) is 1.18. The van der Waals surface area contributed by atoms with Crippen LogP contribution < -0.4 is 4.74 Å². The van der Waals surface area contributed by atoms with Crippen LogP contribution in [0.3, 0.4) is 0 Å². The third-order valence-corrected chi connectivity index (χ3v) is 4.23. The molecule has 27 heavy (non-hydrogen) atoms. The first-order chi connectivity index (χ1) is 13.0. The monoisotopic (exact) mass is 396 g/mol. The van der Waals surface area contributed by atoms with Crippen molar-refractivity contribution in [3.8, 4) is 5.75 Å². The highest BCUT2D eigenvalue weighted by Crippen LogP contribution is 2.17. The van der Waals surface area contributed by atoms with E-state index in [1.165, 1.54) is 6.08 Å². The van der Waals surface area contributed by atoms with Gasteiger partial charge in [0.05, 0.1) is 5.56 Å². The van der Waals surface area contributed by atoms with Crippen LogP contribution in [0.2, 0.25) is 10.0 Å². The summed E-state index contributed by atoms with van der Waals surface area (Å²) in [5.41, 5.74) is 1.76. The molecule has 0 saturated carbocycles. The summed E-state index contributed by atoms with van der Waals surface area (Å²) >= 11 is 11.6. The highest BCUT2D eigenvalue weighted by Gasteiger charge is 2.09. The van der Waals surface area contributed by atoms with Crippen LogP contribution in [-0.4, -0.2) is 11.8 Å². The number of esters is 1. The van der Waals surface area contributed by atoms with Crippen molar-refractivity contribution in [2.45, 2.75) is 0 Å². The van der Waals surface area contributed by atoms with E-state index in [9.17, 15) is 9.59 Å². The summed E-state index contributed by atoms with van der Waals surface area (Å²) in [6.07, 6.45) is 3.20. The van der Waals surface area contributed by atoms with Crippen molar-refractivity contribution in [3.05, 3.63) is 106 Å². The Morgan fingerprint density at radius 1 is 0.704 bits per heavy atom. The zero-order chi connectivity index (χ0) is 19.2. The van der Waals surface area contributed by atoms with Gasteiger partial charge in [-0.25, -0.2) is 4.79 Å². The van der Waals surface area contributed by atoms with E-state index in [2.05, 4.69) is 0 Å². The molecule has 0 radical (unpaired) electrons. The molecule has 0 amide bonds. The average molecular weight is 397 g/mol. The Bertz CT molecular complexity index is 974. The molecule has 0 aliphatic heterocycles. The van der Waals surface area contributed by atoms with E-state index in [-0.39, 0.29) is 5.78 Å². The van der Waals surface area contributed by atoms with Crippen LogP contribution in [0.15, 0.2) is 78.9 Å². The molecule has 3 aromatic carbocycles. The lowest BCUT2D eigenvalue weighted by atomic mass is 10.1. The number of hydrogen-bond acceptors (Lipinski definition) is 3. The number of ether oxygens (including phenoxy) is 1. The highest BCUT2D eigenvalue weighted by atomic mass is 35.5. The first kappa shape index (κ1) is 18.9. The Morgan fingerprint density at radius 2 is 1.22 bits per heavy atom. The Morgan fingerprint density at radius 3 is 1.81 bits per heavy atom.